The lowest BCUT2D eigenvalue weighted by atomic mass is 10.3. The quantitative estimate of drug-likeness (QED) is 0.673. The average molecular weight is 178 g/mol. The fourth-order valence-electron chi connectivity index (χ4n) is 1.56. The molecule has 1 atom stereocenters. The Morgan fingerprint density at radius 3 is 3.08 bits per heavy atom. The molecule has 4 heteroatoms. The molecule has 0 aromatic carbocycles. The smallest absolute Gasteiger partial charge is 0.225 e. The lowest BCUT2D eigenvalue weighted by molar-refractivity contribution is 0.750. The maximum absolute atomic E-state index is 5.80. The molecule has 0 saturated carbocycles. The van der Waals surface area contributed by atoms with Crippen molar-refractivity contribution in [2.45, 2.75) is 19.4 Å². The van der Waals surface area contributed by atoms with Crippen molar-refractivity contribution in [3.8, 4) is 0 Å². The third-order valence-electron chi connectivity index (χ3n) is 2.29. The number of hydrogen-bond acceptors (Lipinski definition) is 4. The zero-order valence-corrected chi connectivity index (χ0v) is 7.77. The molecule has 13 heavy (non-hydrogen) atoms. The molecule has 0 aliphatic carbocycles. The van der Waals surface area contributed by atoms with Gasteiger partial charge in [0.05, 0.1) is 0 Å². The van der Waals surface area contributed by atoms with Crippen LogP contribution in [-0.4, -0.2) is 29.1 Å². The van der Waals surface area contributed by atoms with Gasteiger partial charge in [0.15, 0.2) is 0 Å². The fourth-order valence-corrected chi connectivity index (χ4v) is 1.56. The molecule has 2 rings (SSSR count). The highest BCUT2D eigenvalue weighted by Crippen LogP contribution is 2.14. The summed E-state index contributed by atoms with van der Waals surface area (Å²) in [5.41, 5.74) is 6.81. The van der Waals surface area contributed by atoms with E-state index in [1.807, 2.05) is 13.0 Å². The highest BCUT2D eigenvalue weighted by Gasteiger charge is 2.20. The van der Waals surface area contributed by atoms with Crippen LogP contribution in [0, 0.1) is 6.92 Å². The van der Waals surface area contributed by atoms with E-state index in [2.05, 4.69) is 14.9 Å². The molecule has 1 aromatic heterocycles. The summed E-state index contributed by atoms with van der Waals surface area (Å²) in [6.07, 6.45) is 2.83. The molecule has 0 unspecified atom stereocenters. The minimum Gasteiger partial charge on any atom is -0.339 e. The SMILES string of the molecule is Cc1ccnc(N2CC[C@H](N)C2)n1. The van der Waals surface area contributed by atoms with Gasteiger partial charge in [-0.15, -0.1) is 0 Å². The van der Waals surface area contributed by atoms with E-state index < -0.39 is 0 Å². The predicted octanol–water partition coefficient (Wildman–Crippen LogP) is 0.322. The first-order valence-corrected chi connectivity index (χ1v) is 4.56. The first-order valence-electron chi connectivity index (χ1n) is 4.56. The van der Waals surface area contributed by atoms with Gasteiger partial charge in [-0.1, -0.05) is 0 Å². The normalized spacial score (nSPS) is 22.3. The van der Waals surface area contributed by atoms with E-state index in [0.717, 1.165) is 31.2 Å². The van der Waals surface area contributed by atoms with E-state index in [1.165, 1.54) is 0 Å². The van der Waals surface area contributed by atoms with E-state index in [-0.39, 0.29) is 6.04 Å². The Morgan fingerprint density at radius 1 is 1.62 bits per heavy atom. The van der Waals surface area contributed by atoms with Crippen molar-refractivity contribution in [3.63, 3.8) is 0 Å². The highest BCUT2D eigenvalue weighted by atomic mass is 15.3. The van der Waals surface area contributed by atoms with Gasteiger partial charge in [-0.3, -0.25) is 0 Å². The second-order valence-electron chi connectivity index (χ2n) is 3.49. The summed E-state index contributed by atoms with van der Waals surface area (Å²) >= 11 is 0. The first kappa shape index (κ1) is 8.44. The van der Waals surface area contributed by atoms with Crippen LogP contribution in [0.25, 0.3) is 0 Å². The Kier molecular flexibility index (Phi) is 2.14. The van der Waals surface area contributed by atoms with Crippen LogP contribution >= 0.6 is 0 Å². The lowest BCUT2D eigenvalue weighted by Crippen LogP contribution is -2.27. The first-order chi connectivity index (χ1) is 6.25. The van der Waals surface area contributed by atoms with E-state index in [0.29, 0.717) is 0 Å². The second-order valence-corrected chi connectivity index (χ2v) is 3.49. The predicted molar refractivity (Wildman–Crippen MR) is 51.6 cm³/mol. The molecule has 2 N–H and O–H groups in total. The maximum atomic E-state index is 5.80. The van der Waals surface area contributed by atoms with Gasteiger partial charge in [-0.05, 0) is 19.4 Å². The van der Waals surface area contributed by atoms with E-state index >= 15 is 0 Å². The summed E-state index contributed by atoms with van der Waals surface area (Å²) in [5.74, 6) is 0.813. The van der Waals surface area contributed by atoms with Crippen molar-refractivity contribution in [1.29, 1.82) is 0 Å². The van der Waals surface area contributed by atoms with Crippen LogP contribution in [0.15, 0.2) is 12.3 Å². The molecule has 2 heterocycles. The van der Waals surface area contributed by atoms with E-state index in [4.69, 9.17) is 5.73 Å². The Hall–Kier alpha value is -1.16. The number of hydrogen-bond donors (Lipinski definition) is 1. The Labute approximate surface area is 77.8 Å². The lowest BCUT2D eigenvalue weighted by Gasteiger charge is -2.15. The van der Waals surface area contributed by atoms with Crippen molar-refractivity contribution in [2.75, 3.05) is 18.0 Å². The van der Waals surface area contributed by atoms with Gasteiger partial charge in [0.25, 0.3) is 0 Å². The molecule has 1 aromatic rings. The second kappa shape index (κ2) is 3.30. The third-order valence-corrected chi connectivity index (χ3v) is 2.29. The van der Waals surface area contributed by atoms with Gasteiger partial charge < -0.3 is 10.6 Å². The number of aryl methyl sites for hydroxylation is 1. The van der Waals surface area contributed by atoms with Gasteiger partial charge in [-0.25, -0.2) is 9.97 Å². The van der Waals surface area contributed by atoms with Crippen LogP contribution in [0.2, 0.25) is 0 Å². The minimum atomic E-state index is 0.282. The van der Waals surface area contributed by atoms with Crippen LogP contribution in [0.4, 0.5) is 5.95 Å². The minimum absolute atomic E-state index is 0.282. The molecule has 1 saturated heterocycles. The topological polar surface area (TPSA) is 55.0 Å². The average Bonchev–Trinajstić information content (AvgIpc) is 2.52. The molecule has 1 aliphatic heterocycles. The van der Waals surface area contributed by atoms with Crippen molar-refractivity contribution in [3.05, 3.63) is 18.0 Å². The van der Waals surface area contributed by atoms with E-state index in [9.17, 15) is 0 Å². The zero-order chi connectivity index (χ0) is 9.26. The summed E-state index contributed by atoms with van der Waals surface area (Å²) in [7, 11) is 0. The summed E-state index contributed by atoms with van der Waals surface area (Å²) in [6.45, 7) is 3.83. The molecular weight excluding hydrogens is 164 g/mol. The van der Waals surface area contributed by atoms with Gasteiger partial charge in [0.1, 0.15) is 0 Å². The molecule has 1 aliphatic rings. The molecule has 0 radical (unpaired) electrons. The summed E-state index contributed by atoms with van der Waals surface area (Å²) < 4.78 is 0. The monoisotopic (exact) mass is 178 g/mol. The van der Waals surface area contributed by atoms with Crippen LogP contribution in [0.3, 0.4) is 0 Å². The van der Waals surface area contributed by atoms with Crippen molar-refractivity contribution >= 4 is 5.95 Å². The highest BCUT2D eigenvalue weighted by molar-refractivity contribution is 5.32. The number of nitrogens with zero attached hydrogens (tertiary/aromatic N) is 3. The van der Waals surface area contributed by atoms with Crippen molar-refractivity contribution < 1.29 is 0 Å². The molecule has 0 amide bonds. The zero-order valence-electron chi connectivity index (χ0n) is 7.77. The molecular formula is C9H14N4. The summed E-state index contributed by atoms with van der Waals surface area (Å²) in [5, 5.41) is 0. The fraction of sp³-hybridized carbons (Fsp3) is 0.556. The van der Waals surface area contributed by atoms with Crippen molar-refractivity contribution in [1.82, 2.24) is 9.97 Å². The Morgan fingerprint density at radius 2 is 2.46 bits per heavy atom. The molecule has 70 valence electrons. The van der Waals surface area contributed by atoms with E-state index in [1.54, 1.807) is 6.20 Å². The van der Waals surface area contributed by atoms with Gasteiger partial charge >= 0.3 is 0 Å². The van der Waals surface area contributed by atoms with Crippen LogP contribution in [-0.2, 0) is 0 Å². The third kappa shape index (κ3) is 1.78. The Balaban J connectivity index is 2.16. The number of anilines is 1. The molecule has 0 bridgehead atoms. The van der Waals surface area contributed by atoms with Crippen LogP contribution < -0.4 is 10.6 Å². The standard InChI is InChI=1S/C9H14N4/c1-7-2-4-11-9(12-7)13-5-3-8(10)6-13/h2,4,8H,3,5-6,10H2,1H3/t8-/m0/s1. The number of rotatable bonds is 1. The maximum Gasteiger partial charge on any atom is 0.225 e. The van der Waals surface area contributed by atoms with Crippen LogP contribution in [0.5, 0.6) is 0 Å². The summed E-state index contributed by atoms with van der Waals surface area (Å²) in [6, 6.07) is 2.18. The van der Waals surface area contributed by atoms with Gasteiger partial charge in [0, 0.05) is 31.0 Å². The van der Waals surface area contributed by atoms with Crippen LogP contribution in [0.1, 0.15) is 12.1 Å². The van der Waals surface area contributed by atoms with Gasteiger partial charge in [0.2, 0.25) is 5.95 Å². The molecule has 4 nitrogen and oxygen atoms in total. The van der Waals surface area contributed by atoms with Gasteiger partial charge in [-0.2, -0.15) is 0 Å². The number of aromatic nitrogens is 2. The summed E-state index contributed by atoms with van der Waals surface area (Å²) in [4.78, 5) is 10.7. The largest absolute Gasteiger partial charge is 0.339 e. The molecule has 1 fully saturated rings. The number of nitrogens with two attached hydrogens (primary N) is 1. The molecule has 0 spiro atoms. The van der Waals surface area contributed by atoms with Crippen molar-refractivity contribution in [2.24, 2.45) is 5.73 Å². The Bertz CT molecular complexity index is 299.